The van der Waals surface area contributed by atoms with Crippen LogP contribution in [0.5, 0.6) is 0 Å². The van der Waals surface area contributed by atoms with E-state index < -0.39 is 29.3 Å². The van der Waals surface area contributed by atoms with E-state index in [4.69, 9.17) is 0 Å². The monoisotopic (exact) mass is 382 g/mol. The average Bonchev–Trinajstić information content (AvgIpc) is 2.51. The van der Waals surface area contributed by atoms with Crippen molar-refractivity contribution in [2.24, 2.45) is 0 Å². The number of carbonyl (C=O) groups is 1. The Morgan fingerprint density at radius 1 is 1.04 bits per heavy atom. The van der Waals surface area contributed by atoms with Crippen LogP contribution in [0.15, 0.2) is 46.9 Å². The lowest BCUT2D eigenvalue weighted by molar-refractivity contribution is -0.118. The quantitative estimate of drug-likeness (QED) is 0.804. The minimum absolute atomic E-state index is 0.114. The largest absolute Gasteiger partial charge is 0.320 e. The van der Waals surface area contributed by atoms with Gasteiger partial charge >= 0.3 is 0 Å². The Morgan fingerprint density at radius 2 is 1.65 bits per heavy atom. The molecule has 0 fully saturated rings. The summed E-state index contributed by atoms with van der Waals surface area (Å²) in [7, 11) is 0. The second-order valence-electron chi connectivity index (χ2n) is 5.22. The summed E-state index contributed by atoms with van der Waals surface area (Å²) in [5, 5.41) is 5.40. The summed E-state index contributed by atoms with van der Waals surface area (Å²) in [6, 6.07) is 10.3. The van der Waals surface area contributed by atoms with Crippen molar-refractivity contribution in [1.29, 1.82) is 0 Å². The number of anilines is 1. The number of hydrogen-bond acceptors (Lipinski definition) is 2. The first-order valence-electron chi connectivity index (χ1n) is 7.15. The van der Waals surface area contributed by atoms with Crippen molar-refractivity contribution in [1.82, 2.24) is 5.32 Å². The van der Waals surface area contributed by atoms with E-state index in [0.717, 1.165) is 22.2 Å². The van der Waals surface area contributed by atoms with Gasteiger partial charge in [-0.2, -0.15) is 0 Å². The van der Waals surface area contributed by atoms with Crippen LogP contribution in [0.1, 0.15) is 25.5 Å². The highest BCUT2D eigenvalue weighted by Gasteiger charge is 2.20. The summed E-state index contributed by atoms with van der Waals surface area (Å²) in [4.78, 5) is 12.1. The third-order valence-electron chi connectivity index (χ3n) is 3.48. The molecule has 122 valence electrons. The molecule has 6 heteroatoms. The van der Waals surface area contributed by atoms with Crippen LogP contribution < -0.4 is 10.6 Å². The number of para-hydroxylation sites is 1. The molecule has 2 aromatic rings. The molecule has 23 heavy (non-hydrogen) atoms. The van der Waals surface area contributed by atoms with Crippen LogP contribution in [-0.4, -0.2) is 11.9 Å². The summed E-state index contributed by atoms with van der Waals surface area (Å²) in [6.07, 6.45) is 0. The van der Waals surface area contributed by atoms with E-state index in [0.29, 0.717) is 0 Å². The van der Waals surface area contributed by atoms with Gasteiger partial charge in [0.2, 0.25) is 5.91 Å². The fourth-order valence-corrected chi connectivity index (χ4v) is 2.84. The molecular weight excluding hydrogens is 366 g/mol. The number of amides is 1. The SMILES string of the molecule is C[C@H](N[C@@H](C)c1ccccc1Br)C(=O)Nc1c(F)cccc1F. The third-order valence-corrected chi connectivity index (χ3v) is 4.20. The highest BCUT2D eigenvalue weighted by atomic mass is 79.9. The van der Waals surface area contributed by atoms with Crippen molar-refractivity contribution in [2.75, 3.05) is 5.32 Å². The molecule has 0 aliphatic heterocycles. The number of rotatable bonds is 5. The van der Waals surface area contributed by atoms with E-state index in [1.54, 1.807) is 6.92 Å². The van der Waals surface area contributed by atoms with Gasteiger partial charge in [-0.25, -0.2) is 8.78 Å². The van der Waals surface area contributed by atoms with Gasteiger partial charge < -0.3 is 5.32 Å². The topological polar surface area (TPSA) is 41.1 Å². The van der Waals surface area contributed by atoms with Crippen molar-refractivity contribution in [3.8, 4) is 0 Å². The van der Waals surface area contributed by atoms with Gasteiger partial charge in [0.05, 0.1) is 6.04 Å². The second kappa shape index (κ2) is 7.66. The first-order chi connectivity index (χ1) is 10.9. The zero-order valence-electron chi connectivity index (χ0n) is 12.7. The molecular formula is C17H17BrF2N2O. The summed E-state index contributed by atoms with van der Waals surface area (Å²) < 4.78 is 28.1. The van der Waals surface area contributed by atoms with E-state index in [1.165, 1.54) is 6.07 Å². The third kappa shape index (κ3) is 4.36. The average molecular weight is 383 g/mol. The van der Waals surface area contributed by atoms with Gasteiger partial charge in [-0.3, -0.25) is 10.1 Å². The molecule has 0 saturated heterocycles. The molecule has 0 heterocycles. The Labute approximate surface area is 142 Å². The van der Waals surface area contributed by atoms with Crippen LogP contribution in [0.4, 0.5) is 14.5 Å². The van der Waals surface area contributed by atoms with Crippen LogP contribution >= 0.6 is 15.9 Å². The first-order valence-corrected chi connectivity index (χ1v) is 7.94. The lowest BCUT2D eigenvalue weighted by Gasteiger charge is -2.21. The normalized spacial score (nSPS) is 13.4. The van der Waals surface area contributed by atoms with E-state index in [1.807, 2.05) is 31.2 Å². The second-order valence-corrected chi connectivity index (χ2v) is 6.07. The molecule has 2 N–H and O–H groups in total. The zero-order chi connectivity index (χ0) is 17.0. The van der Waals surface area contributed by atoms with E-state index in [-0.39, 0.29) is 6.04 Å². The number of nitrogens with one attached hydrogen (secondary N) is 2. The molecule has 1 amide bonds. The van der Waals surface area contributed by atoms with Crippen LogP contribution in [-0.2, 0) is 4.79 Å². The summed E-state index contributed by atoms with van der Waals surface area (Å²) in [5.41, 5.74) is 0.559. The van der Waals surface area contributed by atoms with Crippen molar-refractivity contribution in [3.63, 3.8) is 0 Å². The lowest BCUT2D eigenvalue weighted by atomic mass is 10.1. The molecule has 2 aromatic carbocycles. The van der Waals surface area contributed by atoms with Crippen molar-refractivity contribution < 1.29 is 13.6 Å². The zero-order valence-corrected chi connectivity index (χ0v) is 14.3. The van der Waals surface area contributed by atoms with Gasteiger partial charge in [-0.1, -0.05) is 40.2 Å². The van der Waals surface area contributed by atoms with Gasteiger partial charge in [0, 0.05) is 10.5 Å². The minimum Gasteiger partial charge on any atom is -0.320 e. The number of hydrogen-bond donors (Lipinski definition) is 2. The summed E-state index contributed by atoms with van der Waals surface area (Å²) in [5.74, 6) is -2.11. The Balaban J connectivity index is 2.04. The smallest absolute Gasteiger partial charge is 0.241 e. The molecule has 3 nitrogen and oxygen atoms in total. The summed E-state index contributed by atoms with van der Waals surface area (Å²) >= 11 is 3.46. The number of benzene rings is 2. The Hall–Kier alpha value is -1.79. The van der Waals surface area contributed by atoms with Crippen LogP contribution in [0, 0.1) is 11.6 Å². The molecule has 0 aliphatic rings. The van der Waals surface area contributed by atoms with Crippen LogP contribution in [0.2, 0.25) is 0 Å². The maximum absolute atomic E-state index is 13.6. The fourth-order valence-electron chi connectivity index (χ4n) is 2.22. The van der Waals surface area contributed by atoms with Crippen LogP contribution in [0.25, 0.3) is 0 Å². The standard InChI is InChI=1S/C17H17BrF2N2O/c1-10(12-6-3-4-7-13(12)18)21-11(2)17(23)22-16-14(19)8-5-9-15(16)20/h3-11,21H,1-2H3,(H,22,23)/t10-,11-/m0/s1. The molecule has 0 spiro atoms. The van der Waals surface area contributed by atoms with Crippen molar-refractivity contribution >= 4 is 27.5 Å². The highest BCUT2D eigenvalue weighted by Crippen LogP contribution is 2.23. The van der Waals surface area contributed by atoms with Crippen LogP contribution in [0.3, 0.4) is 0 Å². The molecule has 0 bridgehead atoms. The molecule has 0 saturated carbocycles. The predicted molar refractivity (Wildman–Crippen MR) is 90.1 cm³/mol. The van der Waals surface area contributed by atoms with Gasteiger partial charge in [0.1, 0.15) is 17.3 Å². The number of carbonyl (C=O) groups excluding carboxylic acids is 1. The van der Waals surface area contributed by atoms with Gasteiger partial charge in [-0.05, 0) is 37.6 Å². The van der Waals surface area contributed by atoms with E-state index in [2.05, 4.69) is 26.6 Å². The Bertz CT molecular complexity index is 688. The van der Waals surface area contributed by atoms with E-state index in [9.17, 15) is 13.6 Å². The van der Waals surface area contributed by atoms with Crippen molar-refractivity contribution in [2.45, 2.75) is 25.9 Å². The minimum atomic E-state index is -0.801. The molecule has 0 aliphatic carbocycles. The highest BCUT2D eigenvalue weighted by molar-refractivity contribution is 9.10. The lowest BCUT2D eigenvalue weighted by Crippen LogP contribution is -2.39. The Kier molecular flexibility index (Phi) is 5.85. The molecule has 0 aromatic heterocycles. The van der Waals surface area contributed by atoms with Crippen molar-refractivity contribution in [3.05, 3.63) is 64.1 Å². The Morgan fingerprint density at radius 3 is 2.26 bits per heavy atom. The van der Waals surface area contributed by atoms with Gasteiger partial charge in [-0.15, -0.1) is 0 Å². The van der Waals surface area contributed by atoms with Gasteiger partial charge in [0.15, 0.2) is 0 Å². The first kappa shape index (κ1) is 17.6. The molecule has 2 atom stereocenters. The maximum atomic E-state index is 13.6. The predicted octanol–water partition coefficient (Wildman–Crippen LogP) is 4.41. The maximum Gasteiger partial charge on any atom is 0.241 e. The number of halogens is 3. The van der Waals surface area contributed by atoms with Gasteiger partial charge in [0.25, 0.3) is 0 Å². The molecule has 0 radical (unpaired) electrons. The summed E-state index contributed by atoms with van der Waals surface area (Å²) in [6.45, 7) is 3.55. The molecule has 2 rings (SSSR count). The fraction of sp³-hybridized carbons (Fsp3) is 0.235. The molecule has 0 unspecified atom stereocenters. The van der Waals surface area contributed by atoms with E-state index >= 15 is 0 Å².